The van der Waals surface area contributed by atoms with Gasteiger partial charge < -0.3 is 15.5 Å². The number of likely N-dealkylation sites (N-methyl/N-ethyl adjacent to an activating group) is 2. The summed E-state index contributed by atoms with van der Waals surface area (Å²) in [5.41, 5.74) is 5.49. The third kappa shape index (κ3) is 3.90. The average Bonchev–Trinajstić information content (AvgIpc) is 2.14. The summed E-state index contributed by atoms with van der Waals surface area (Å²) in [7, 11) is 4.36. The first-order valence-electron chi connectivity index (χ1n) is 5.26. The van der Waals surface area contributed by atoms with Gasteiger partial charge in [-0.15, -0.1) is 0 Å². The SMILES string of the molecule is CN1CCCC(N(C)CCC(N)=S)C1. The fraction of sp³-hybridized carbons (Fsp3) is 0.900. The first-order valence-corrected chi connectivity index (χ1v) is 5.67. The fourth-order valence-electron chi connectivity index (χ4n) is 1.97. The molecule has 0 amide bonds. The fourth-order valence-corrected chi connectivity index (χ4v) is 2.06. The van der Waals surface area contributed by atoms with Gasteiger partial charge in [0.15, 0.2) is 0 Å². The molecule has 3 nitrogen and oxygen atoms in total. The van der Waals surface area contributed by atoms with E-state index in [4.69, 9.17) is 18.0 Å². The molecule has 4 heteroatoms. The number of nitrogens with two attached hydrogens (primary N) is 1. The number of hydrogen-bond donors (Lipinski definition) is 1. The van der Waals surface area contributed by atoms with Crippen molar-refractivity contribution in [3.05, 3.63) is 0 Å². The summed E-state index contributed by atoms with van der Waals surface area (Å²) in [5, 5.41) is 0. The van der Waals surface area contributed by atoms with Gasteiger partial charge in [-0.25, -0.2) is 0 Å². The molecule has 1 aliphatic heterocycles. The summed E-state index contributed by atoms with van der Waals surface area (Å²) in [6, 6.07) is 0.683. The molecule has 14 heavy (non-hydrogen) atoms. The minimum Gasteiger partial charge on any atom is -0.393 e. The van der Waals surface area contributed by atoms with Gasteiger partial charge in [0.05, 0.1) is 4.99 Å². The average molecular weight is 215 g/mol. The van der Waals surface area contributed by atoms with Crippen molar-refractivity contribution < 1.29 is 0 Å². The van der Waals surface area contributed by atoms with Gasteiger partial charge in [-0.05, 0) is 33.5 Å². The molecule has 0 aromatic rings. The van der Waals surface area contributed by atoms with Gasteiger partial charge >= 0.3 is 0 Å². The predicted molar refractivity (Wildman–Crippen MR) is 64.6 cm³/mol. The van der Waals surface area contributed by atoms with Gasteiger partial charge in [-0.2, -0.15) is 0 Å². The molecule has 0 aromatic heterocycles. The van der Waals surface area contributed by atoms with Crippen LogP contribution in [0.25, 0.3) is 0 Å². The van der Waals surface area contributed by atoms with E-state index in [-0.39, 0.29) is 0 Å². The van der Waals surface area contributed by atoms with Crippen molar-refractivity contribution in [2.24, 2.45) is 5.73 Å². The lowest BCUT2D eigenvalue weighted by Gasteiger charge is -2.35. The minimum atomic E-state index is 0.626. The van der Waals surface area contributed by atoms with E-state index in [1.54, 1.807) is 0 Å². The molecule has 0 radical (unpaired) electrons. The molecular formula is C10H21N3S. The van der Waals surface area contributed by atoms with Crippen LogP contribution in [0.1, 0.15) is 19.3 Å². The summed E-state index contributed by atoms with van der Waals surface area (Å²) < 4.78 is 0. The number of likely N-dealkylation sites (tertiary alicyclic amines) is 1. The summed E-state index contributed by atoms with van der Waals surface area (Å²) in [4.78, 5) is 5.40. The molecular weight excluding hydrogens is 194 g/mol. The van der Waals surface area contributed by atoms with Crippen molar-refractivity contribution in [1.82, 2.24) is 9.80 Å². The molecule has 1 rings (SSSR count). The number of piperidine rings is 1. The third-order valence-electron chi connectivity index (χ3n) is 2.93. The Morgan fingerprint density at radius 2 is 2.36 bits per heavy atom. The highest BCUT2D eigenvalue weighted by molar-refractivity contribution is 7.80. The molecule has 1 aliphatic rings. The first kappa shape index (κ1) is 11.9. The second kappa shape index (κ2) is 5.63. The lowest BCUT2D eigenvalue weighted by Crippen LogP contribution is -2.45. The van der Waals surface area contributed by atoms with E-state index in [1.165, 1.54) is 25.9 Å². The maximum atomic E-state index is 5.49. The summed E-state index contributed by atoms with van der Waals surface area (Å²) in [6.07, 6.45) is 3.45. The van der Waals surface area contributed by atoms with E-state index in [2.05, 4.69) is 23.9 Å². The Labute approximate surface area is 92.2 Å². The molecule has 1 heterocycles. The molecule has 0 spiro atoms. The quantitative estimate of drug-likeness (QED) is 0.699. The van der Waals surface area contributed by atoms with Crippen LogP contribution >= 0.6 is 12.2 Å². The number of rotatable bonds is 4. The number of nitrogens with zero attached hydrogens (tertiary/aromatic N) is 2. The van der Waals surface area contributed by atoms with Crippen molar-refractivity contribution in [1.29, 1.82) is 0 Å². The molecule has 2 N–H and O–H groups in total. The van der Waals surface area contributed by atoms with Crippen LogP contribution in [-0.2, 0) is 0 Å². The predicted octanol–water partition coefficient (Wildman–Crippen LogP) is 0.689. The van der Waals surface area contributed by atoms with Crippen LogP contribution in [0.4, 0.5) is 0 Å². The summed E-state index contributed by atoms with van der Waals surface area (Å²) >= 11 is 4.88. The third-order valence-corrected chi connectivity index (χ3v) is 3.14. The second-order valence-corrected chi connectivity index (χ2v) is 4.78. The molecule has 1 unspecified atom stereocenters. The van der Waals surface area contributed by atoms with Gasteiger partial charge in [0.2, 0.25) is 0 Å². The zero-order valence-corrected chi connectivity index (χ0v) is 10.0. The van der Waals surface area contributed by atoms with Gasteiger partial charge in [-0.3, -0.25) is 0 Å². The van der Waals surface area contributed by atoms with E-state index in [1.807, 2.05) is 0 Å². The Morgan fingerprint density at radius 3 is 2.93 bits per heavy atom. The molecule has 1 atom stereocenters. The maximum absolute atomic E-state index is 5.49. The van der Waals surface area contributed by atoms with Crippen LogP contribution in [0.2, 0.25) is 0 Å². The van der Waals surface area contributed by atoms with Crippen molar-refractivity contribution in [3.8, 4) is 0 Å². The standard InChI is InChI=1S/C10H21N3S/c1-12-6-3-4-9(8-12)13(2)7-5-10(11)14/h9H,3-8H2,1-2H3,(H2,11,14). The number of hydrogen-bond acceptors (Lipinski definition) is 3. The van der Waals surface area contributed by atoms with Crippen LogP contribution in [0.5, 0.6) is 0 Å². The highest BCUT2D eigenvalue weighted by Gasteiger charge is 2.20. The van der Waals surface area contributed by atoms with Crippen molar-refractivity contribution in [2.45, 2.75) is 25.3 Å². The largest absolute Gasteiger partial charge is 0.393 e. The van der Waals surface area contributed by atoms with Crippen molar-refractivity contribution >= 4 is 17.2 Å². The highest BCUT2D eigenvalue weighted by atomic mass is 32.1. The Morgan fingerprint density at radius 1 is 1.64 bits per heavy atom. The zero-order valence-electron chi connectivity index (χ0n) is 9.20. The zero-order chi connectivity index (χ0) is 10.6. The lowest BCUT2D eigenvalue weighted by molar-refractivity contribution is 0.137. The molecule has 0 bridgehead atoms. The van der Waals surface area contributed by atoms with Crippen LogP contribution in [0, 0.1) is 0 Å². The van der Waals surface area contributed by atoms with E-state index < -0.39 is 0 Å². The Balaban J connectivity index is 2.28. The smallest absolute Gasteiger partial charge is 0.0740 e. The lowest BCUT2D eigenvalue weighted by atomic mass is 10.1. The monoisotopic (exact) mass is 215 g/mol. The van der Waals surface area contributed by atoms with Crippen LogP contribution in [-0.4, -0.2) is 54.6 Å². The van der Waals surface area contributed by atoms with Gasteiger partial charge in [0.25, 0.3) is 0 Å². The second-order valence-electron chi connectivity index (χ2n) is 4.26. The molecule has 1 fully saturated rings. The summed E-state index contributed by atoms with van der Waals surface area (Å²) in [6.45, 7) is 3.40. The summed E-state index contributed by atoms with van der Waals surface area (Å²) in [5.74, 6) is 0. The Kier molecular flexibility index (Phi) is 4.78. The molecule has 0 saturated carbocycles. The van der Waals surface area contributed by atoms with Crippen molar-refractivity contribution in [3.63, 3.8) is 0 Å². The van der Waals surface area contributed by atoms with Crippen molar-refractivity contribution in [2.75, 3.05) is 33.7 Å². The Bertz CT molecular complexity index is 196. The minimum absolute atomic E-state index is 0.626. The van der Waals surface area contributed by atoms with Gasteiger partial charge in [0.1, 0.15) is 0 Å². The van der Waals surface area contributed by atoms with E-state index in [0.29, 0.717) is 11.0 Å². The first-order chi connectivity index (χ1) is 6.59. The molecule has 82 valence electrons. The van der Waals surface area contributed by atoms with Crippen LogP contribution < -0.4 is 5.73 Å². The van der Waals surface area contributed by atoms with Gasteiger partial charge in [0, 0.05) is 25.6 Å². The molecule has 0 aliphatic carbocycles. The van der Waals surface area contributed by atoms with E-state index in [9.17, 15) is 0 Å². The topological polar surface area (TPSA) is 32.5 Å². The highest BCUT2D eigenvalue weighted by Crippen LogP contribution is 2.13. The van der Waals surface area contributed by atoms with E-state index in [0.717, 1.165) is 13.0 Å². The van der Waals surface area contributed by atoms with Crippen LogP contribution in [0.3, 0.4) is 0 Å². The van der Waals surface area contributed by atoms with Gasteiger partial charge in [-0.1, -0.05) is 12.2 Å². The number of thiocarbonyl (C=S) groups is 1. The van der Waals surface area contributed by atoms with Crippen LogP contribution in [0.15, 0.2) is 0 Å². The van der Waals surface area contributed by atoms with E-state index >= 15 is 0 Å². The molecule has 1 saturated heterocycles. The Hall–Kier alpha value is -0.190. The molecule has 0 aromatic carbocycles. The maximum Gasteiger partial charge on any atom is 0.0740 e. The normalized spacial score (nSPS) is 24.1.